The van der Waals surface area contributed by atoms with Crippen LogP contribution in [0.15, 0.2) is 41.8 Å². The fourth-order valence-corrected chi connectivity index (χ4v) is 4.60. The molecule has 2 N–H and O–H groups in total. The summed E-state index contributed by atoms with van der Waals surface area (Å²) in [5.74, 6) is -0.719. The van der Waals surface area contributed by atoms with Gasteiger partial charge in [-0.3, -0.25) is 19.3 Å². The van der Waals surface area contributed by atoms with Crippen LogP contribution in [0, 0.1) is 0 Å². The number of nitrogens with one attached hydrogen (secondary N) is 2. The van der Waals surface area contributed by atoms with E-state index in [4.69, 9.17) is 4.74 Å². The molecule has 1 atom stereocenters. The molecule has 0 aliphatic carbocycles. The molecule has 1 aromatic carbocycles. The average Bonchev–Trinajstić information content (AvgIpc) is 3.39. The minimum Gasteiger partial charge on any atom is -0.493 e. The molecule has 168 valence electrons. The molecule has 2 aromatic rings. The molecular weight excluding hydrogens is 432 g/mol. The van der Waals surface area contributed by atoms with E-state index in [1.54, 1.807) is 31.2 Å². The van der Waals surface area contributed by atoms with Crippen molar-refractivity contribution >= 4 is 35.1 Å². The van der Waals surface area contributed by atoms with E-state index >= 15 is 0 Å². The van der Waals surface area contributed by atoms with Crippen LogP contribution in [-0.2, 0) is 26.5 Å². The number of rotatable bonds is 7. The van der Waals surface area contributed by atoms with Crippen LogP contribution in [-0.4, -0.2) is 59.8 Å². The van der Waals surface area contributed by atoms with Crippen LogP contribution in [0.1, 0.15) is 23.8 Å². The highest BCUT2D eigenvalue weighted by Crippen LogP contribution is 2.40. The number of carbonyl (C=O) groups excluding carboxylic acids is 4. The number of ether oxygens (including phenoxy) is 1. The zero-order chi connectivity index (χ0) is 22.7. The summed E-state index contributed by atoms with van der Waals surface area (Å²) in [5, 5.41) is 7.47. The van der Waals surface area contributed by atoms with Gasteiger partial charge in [0.2, 0.25) is 11.8 Å². The Bertz CT molecular complexity index is 1040. The lowest BCUT2D eigenvalue weighted by atomic mass is 9.84. The summed E-state index contributed by atoms with van der Waals surface area (Å²) in [5.41, 5.74) is -0.652. The van der Waals surface area contributed by atoms with Gasteiger partial charge in [-0.2, -0.15) is 0 Å². The fraction of sp³-hybridized carbons (Fsp3) is 0.364. The Kier molecular flexibility index (Phi) is 6.13. The van der Waals surface area contributed by atoms with E-state index in [0.717, 1.165) is 9.78 Å². The molecule has 0 bridgehead atoms. The van der Waals surface area contributed by atoms with Gasteiger partial charge in [0.05, 0.1) is 19.7 Å². The molecule has 32 heavy (non-hydrogen) atoms. The van der Waals surface area contributed by atoms with E-state index in [2.05, 4.69) is 10.6 Å². The van der Waals surface area contributed by atoms with Crippen LogP contribution >= 0.6 is 11.3 Å². The molecule has 1 spiro atoms. The number of nitrogens with zero attached hydrogens (tertiary/aromatic N) is 2. The predicted octanol–water partition coefficient (Wildman–Crippen LogP) is 1.44. The third kappa shape index (κ3) is 4.05. The maximum atomic E-state index is 13.3. The summed E-state index contributed by atoms with van der Waals surface area (Å²) in [4.78, 5) is 54.4. The summed E-state index contributed by atoms with van der Waals surface area (Å²) in [6.45, 7) is 2.10. The smallest absolute Gasteiger partial charge is 0.325 e. The van der Waals surface area contributed by atoms with Gasteiger partial charge in [0.25, 0.3) is 5.91 Å². The number of para-hydroxylation sites is 1. The molecule has 0 radical (unpaired) electrons. The number of benzene rings is 1. The normalized spacial score (nSPS) is 19.3. The second kappa shape index (κ2) is 8.99. The van der Waals surface area contributed by atoms with Crippen LogP contribution < -0.4 is 15.4 Å². The third-order valence-corrected chi connectivity index (χ3v) is 6.54. The lowest BCUT2D eigenvalue weighted by Crippen LogP contribution is -2.49. The van der Waals surface area contributed by atoms with E-state index < -0.39 is 29.9 Å². The summed E-state index contributed by atoms with van der Waals surface area (Å²) < 4.78 is 5.62. The van der Waals surface area contributed by atoms with Gasteiger partial charge in [0.15, 0.2) is 5.54 Å². The summed E-state index contributed by atoms with van der Waals surface area (Å²) in [6, 6.07) is 10.2. The highest BCUT2D eigenvalue weighted by atomic mass is 32.1. The van der Waals surface area contributed by atoms with Crippen molar-refractivity contribution < 1.29 is 23.9 Å². The van der Waals surface area contributed by atoms with E-state index in [1.165, 1.54) is 16.2 Å². The van der Waals surface area contributed by atoms with Gasteiger partial charge < -0.3 is 20.3 Å². The Hall–Kier alpha value is -3.40. The first-order chi connectivity index (χ1) is 15.4. The zero-order valence-corrected chi connectivity index (χ0v) is 18.4. The molecule has 1 aromatic heterocycles. The molecule has 4 rings (SSSR count). The zero-order valence-electron chi connectivity index (χ0n) is 17.6. The van der Waals surface area contributed by atoms with Gasteiger partial charge in [-0.25, -0.2) is 4.79 Å². The molecular formula is C22H24N4O5S. The molecule has 0 saturated carbocycles. The van der Waals surface area contributed by atoms with E-state index in [9.17, 15) is 19.2 Å². The molecule has 9 nitrogen and oxygen atoms in total. The Labute approximate surface area is 189 Å². The van der Waals surface area contributed by atoms with Crippen molar-refractivity contribution in [2.45, 2.75) is 25.4 Å². The molecule has 1 unspecified atom stereocenters. The molecule has 3 heterocycles. The minimum absolute atomic E-state index is 0.147. The SMILES string of the molecule is CCN(CC(=O)NCc1cccs1)C(=O)CN1C(=O)NC2(CCOc3ccccc32)C1=O. The van der Waals surface area contributed by atoms with Crippen molar-refractivity contribution in [3.63, 3.8) is 0 Å². The number of fused-ring (bicyclic) bond motifs is 2. The van der Waals surface area contributed by atoms with Crippen LogP contribution in [0.4, 0.5) is 4.79 Å². The second-order valence-electron chi connectivity index (χ2n) is 7.59. The molecule has 1 fully saturated rings. The second-order valence-corrected chi connectivity index (χ2v) is 8.62. The maximum Gasteiger partial charge on any atom is 0.325 e. The summed E-state index contributed by atoms with van der Waals surface area (Å²) >= 11 is 1.53. The van der Waals surface area contributed by atoms with E-state index in [1.807, 2.05) is 17.5 Å². The first kappa shape index (κ1) is 21.8. The highest BCUT2D eigenvalue weighted by molar-refractivity contribution is 7.09. The number of hydrogen-bond acceptors (Lipinski definition) is 6. The molecule has 1 saturated heterocycles. The number of carbonyl (C=O) groups is 4. The summed E-state index contributed by atoms with van der Waals surface area (Å²) in [6.07, 6.45) is 0.280. The van der Waals surface area contributed by atoms with Crippen molar-refractivity contribution in [3.8, 4) is 5.75 Å². The van der Waals surface area contributed by atoms with Crippen molar-refractivity contribution in [1.82, 2.24) is 20.4 Å². The minimum atomic E-state index is -1.23. The van der Waals surface area contributed by atoms with Gasteiger partial charge in [-0.15, -0.1) is 11.3 Å². The fourth-order valence-electron chi connectivity index (χ4n) is 3.96. The van der Waals surface area contributed by atoms with Crippen molar-refractivity contribution in [1.29, 1.82) is 0 Å². The predicted molar refractivity (Wildman–Crippen MR) is 117 cm³/mol. The van der Waals surface area contributed by atoms with Crippen LogP contribution in [0.5, 0.6) is 5.75 Å². The number of amides is 5. The number of imide groups is 1. The monoisotopic (exact) mass is 456 g/mol. The molecule has 5 amide bonds. The quantitative estimate of drug-likeness (QED) is 0.613. The number of likely N-dealkylation sites (N-methyl/N-ethyl adjacent to an activating group) is 1. The van der Waals surface area contributed by atoms with Gasteiger partial charge in [-0.1, -0.05) is 24.3 Å². The van der Waals surface area contributed by atoms with Crippen LogP contribution in [0.25, 0.3) is 0 Å². The number of hydrogen-bond donors (Lipinski definition) is 2. The van der Waals surface area contributed by atoms with E-state index in [0.29, 0.717) is 17.9 Å². The first-order valence-electron chi connectivity index (χ1n) is 10.4. The highest BCUT2D eigenvalue weighted by Gasteiger charge is 2.55. The summed E-state index contributed by atoms with van der Waals surface area (Å²) in [7, 11) is 0. The lowest BCUT2D eigenvalue weighted by Gasteiger charge is -2.33. The largest absolute Gasteiger partial charge is 0.493 e. The van der Waals surface area contributed by atoms with Crippen molar-refractivity contribution in [3.05, 3.63) is 52.2 Å². The van der Waals surface area contributed by atoms with Crippen LogP contribution in [0.3, 0.4) is 0 Å². The standard InChI is InChI=1S/C22H24N4O5S/c1-2-25(13-18(27)23-12-15-6-5-11-32-15)19(28)14-26-20(29)22(24-21(26)30)9-10-31-17-8-4-3-7-16(17)22/h3-8,11H,2,9-10,12-14H2,1H3,(H,23,27)(H,24,30). The Balaban J connectivity index is 1.42. The molecule has 2 aliphatic rings. The van der Waals surface area contributed by atoms with E-state index in [-0.39, 0.29) is 32.0 Å². The lowest BCUT2D eigenvalue weighted by molar-refractivity contribution is -0.141. The van der Waals surface area contributed by atoms with Gasteiger partial charge in [0, 0.05) is 23.4 Å². The van der Waals surface area contributed by atoms with Crippen molar-refractivity contribution in [2.75, 3.05) is 26.2 Å². The number of urea groups is 1. The Morgan fingerprint density at radius 3 is 2.81 bits per heavy atom. The van der Waals surface area contributed by atoms with Crippen molar-refractivity contribution in [2.24, 2.45) is 0 Å². The topological polar surface area (TPSA) is 108 Å². The van der Waals surface area contributed by atoms with Gasteiger partial charge in [-0.05, 0) is 24.4 Å². The molecule has 2 aliphatic heterocycles. The maximum absolute atomic E-state index is 13.3. The molecule has 10 heteroatoms. The average molecular weight is 457 g/mol. The first-order valence-corrected chi connectivity index (χ1v) is 11.3. The Morgan fingerprint density at radius 2 is 2.06 bits per heavy atom. The van der Waals surface area contributed by atoms with Gasteiger partial charge >= 0.3 is 6.03 Å². The number of thiophene rings is 1. The third-order valence-electron chi connectivity index (χ3n) is 5.66. The van der Waals surface area contributed by atoms with Gasteiger partial charge in [0.1, 0.15) is 12.3 Å². The van der Waals surface area contributed by atoms with Crippen LogP contribution in [0.2, 0.25) is 0 Å². The Morgan fingerprint density at radius 1 is 1.25 bits per heavy atom.